The van der Waals surface area contributed by atoms with Gasteiger partial charge in [0.15, 0.2) is 10.6 Å². The average molecular weight is 326 g/mol. The summed E-state index contributed by atoms with van der Waals surface area (Å²) in [4.78, 5) is 12.3. The summed E-state index contributed by atoms with van der Waals surface area (Å²) >= 11 is 5.06. The van der Waals surface area contributed by atoms with Crippen LogP contribution in [0.3, 0.4) is 0 Å². The summed E-state index contributed by atoms with van der Waals surface area (Å²) < 4.78 is 8.32. The van der Waals surface area contributed by atoms with E-state index in [1.807, 2.05) is 14.0 Å². The number of rotatable bonds is 6. The zero-order valence-electron chi connectivity index (χ0n) is 13.6. The maximum absolute atomic E-state index is 12.3. The summed E-state index contributed by atoms with van der Waals surface area (Å²) in [6, 6.07) is 0. The second kappa shape index (κ2) is 7.87. The maximum Gasteiger partial charge on any atom is 0.249 e. The Morgan fingerprint density at radius 2 is 2.36 bits per heavy atom. The van der Waals surface area contributed by atoms with Crippen molar-refractivity contribution in [3.05, 3.63) is 10.6 Å². The van der Waals surface area contributed by atoms with E-state index in [0.717, 1.165) is 12.8 Å². The first-order valence-electron chi connectivity index (χ1n) is 8.04. The second-order valence-corrected chi connectivity index (χ2v) is 6.54. The first-order chi connectivity index (χ1) is 10.5. The van der Waals surface area contributed by atoms with Gasteiger partial charge >= 0.3 is 0 Å². The number of ether oxygens (including phenoxy) is 1. The summed E-state index contributed by atoms with van der Waals surface area (Å²) in [5.74, 6) is 1.32. The van der Waals surface area contributed by atoms with Gasteiger partial charge in [-0.1, -0.05) is 26.7 Å². The molecule has 1 saturated carbocycles. The Morgan fingerprint density at radius 3 is 2.95 bits per heavy atom. The van der Waals surface area contributed by atoms with E-state index in [1.165, 1.54) is 12.8 Å². The molecular formula is C15H26N4O2S. The van der Waals surface area contributed by atoms with Crippen LogP contribution in [0.15, 0.2) is 0 Å². The van der Waals surface area contributed by atoms with Gasteiger partial charge in [-0.3, -0.25) is 9.89 Å². The molecule has 0 aromatic carbocycles. The fourth-order valence-corrected chi connectivity index (χ4v) is 3.05. The van der Waals surface area contributed by atoms with Crippen LogP contribution in [0.2, 0.25) is 0 Å². The third-order valence-electron chi connectivity index (χ3n) is 4.30. The summed E-state index contributed by atoms with van der Waals surface area (Å²) in [6.45, 7) is 4.58. The molecule has 124 valence electrons. The minimum atomic E-state index is -0.387. The van der Waals surface area contributed by atoms with Gasteiger partial charge in [0.1, 0.15) is 6.10 Å². The van der Waals surface area contributed by atoms with Gasteiger partial charge in [-0.2, -0.15) is 5.10 Å². The van der Waals surface area contributed by atoms with Crippen LogP contribution in [0.25, 0.3) is 0 Å². The molecule has 3 unspecified atom stereocenters. The Bertz CT molecular complexity index is 554. The predicted molar refractivity (Wildman–Crippen MR) is 86.8 cm³/mol. The lowest BCUT2D eigenvalue weighted by Crippen LogP contribution is -2.39. The largest absolute Gasteiger partial charge is 0.365 e. The van der Waals surface area contributed by atoms with Crippen molar-refractivity contribution in [2.75, 3.05) is 0 Å². The van der Waals surface area contributed by atoms with E-state index < -0.39 is 0 Å². The first-order valence-corrected chi connectivity index (χ1v) is 8.45. The number of aromatic amines is 1. The van der Waals surface area contributed by atoms with Crippen molar-refractivity contribution in [2.24, 2.45) is 13.0 Å². The Labute approximate surface area is 136 Å². The lowest BCUT2D eigenvalue weighted by atomic mass is 9.88. The minimum Gasteiger partial charge on any atom is -0.365 e. The fourth-order valence-electron chi connectivity index (χ4n) is 2.90. The average Bonchev–Trinajstić information content (AvgIpc) is 2.82. The maximum atomic E-state index is 12.3. The van der Waals surface area contributed by atoms with E-state index in [0.29, 0.717) is 29.5 Å². The van der Waals surface area contributed by atoms with Crippen LogP contribution in [-0.4, -0.2) is 32.9 Å². The summed E-state index contributed by atoms with van der Waals surface area (Å²) in [5.41, 5.74) is 0. The molecule has 1 aromatic heterocycles. The Kier molecular flexibility index (Phi) is 6.14. The van der Waals surface area contributed by atoms with Crippen molar-refractivity contribution in [3.63, 3.8) is 0 Å². The molecule has 0 saturated heterocycles. The van der Waals surface area contributed by atoms with Gasteiger partial charge < -0.3 is 14.6 Å². The molecule has 0 aliphatic heterocycles. The normalized spacial score (nSPS) is 23.2. The topological polar surface area (TPSA) is 71.9 Å². The molecule has 0 spiro atoms. The molecule has 2 N–H and O–H groups in total. The first kappa shape index (κ1) is 17.1. The van der Waals surface area contributed by atoms with Gasteiger partial charge in [-0.25, -0.2) is 0 Å². The van der Waals surface area contributed by atoms with Crippen molar-refractivity contribution < 1.29 is 9.53 Å². The molecule has 1 aliphatic carbocycles. The summed E-state index contributed by atoms with van der Waals surface area (Å²) in [5, 5.41) is 9.69. The smallest absolute Gasteiger partial charge is 0.249 e. The van der Waals surface area contributed by atoms with Crippen molar-refractivity contribution in [1.82, 2.24) is 20.1 Å². The van der Waals surface area contributed by atoms with Gasteiger partial charge in [0, 0.05) is 7.05 Å². The highest BCUT2D eigenvalue weighted by Gasteiger charge is 2.25. The van der Waals surface area contributed by atoms with Crippen LogP contribution in [0.5, 0.6) is 0 Å². The highest BCUT2D eigenvalue weighted by Crippen LogP contribution is 2.26. The van der Waals surface area contributed by atoms with Gasteiger partial charge in [0.25, 0.3) is 0 Å². The highest BCUT2D eigenvalue weighted by molar-refractivity contribution is 7.71. The van der Waals surface area contributed by atoms with E-state index >= 15 is 0 Å². The monoisotopic (exact) mass is 326 g/mol. The lowest BCUT2D eigenvalue weighted by molar-refractivity contribution is -0.139. The number of aromatic nitrogens is 3. The number of nitrogens with one attached hydrogen (secondary N) is 2. The molecule has 0 bridgehead atoms. The van der Waals surface area contributed by atoms with E-state index in [4.69, 9.17) is 17.0 Å². The van der Waals surface area contributed by atoms with Gasteiger partial charge in [0.2, 0.25) is 5.91 Å². The Morgan fingerprint density at radius 1 is 1.59 bits per heavy atom. The van der Waals surface area contributed by atoms with Crippen LogP contribution in [0, 0.1) is 10.7 Å². The fraction of sp³-hybridized carbons (Fsp3) is 0.800. The number of carbonyl (C=O) groups is 1. The number of amides is 1. The van der Waals surface area contributed by atoms with Crippen molar-refractivity contribution in [2.45, 2.75) is 64.7 Å². The van der Waals surface area contributed by atoms with Crippen LogP contribution in [0.1, 0.15) is 51.8 Å². The van der Waals surface area contributed by atoms with Crippen LogP contribution in [0.4, 0.5) is 0 Å². The molecule has 1 fully saturated rings. The minimum absolute atomic E-state index is 0.0744. The third-order valence-corrected chi connectivity index (χ3v) is 4.67. The molecule has 1 aliphatic rings. The molecule has 3 atom stereocenters. The zero-order chi connectivity index (χ0) is 16.1. The van der Waals surface area contributed by atoms with Gasteiger partial charge in [-0.05, 0) is 37.4 Å². The molecule has 1 aromatic rings. The zero-order valence-corrected chi connectivity index (χ0v) is 14.4. The quantitative estimate of drug-likeness (QED) is 0.788. The molecular weight excluding hydrogens is 300 g/mol. The predicted octanol–water partition coefficient (Wildman–Crippen LogP) is 2.47. The molecule has 2 rings (SSSR count). The SMILES string of the molecule is CCC(OC1CCCC(C)C1)C(=O)NCc1n[nH]c(=S)n1C. The molecule has 6 nitrogen and oxygen atoms in total. The lowest BCUT2D eigenvalue weighted by Gasteiger charge is -2.29. The Hall–Kier alpha value is -1.21. The Balaban J connectivity index is 1.86. The van der Waals surface area contributed by atoms with E-state index in [9.17, 15) is 4.79 Å². The number of carbonyl (C=O) groups excluding carboxylic acids is 1. The van der Waals surface area contributed by atoms with Crippen molar-refractivity contribution >= 4 is 18.1 Å². The number of H-pyrrole nitrogens is 1. The van der Waals surface area contributed by atoms with E-state index in [1.54, 1.807) is 4.57 Å². The number of hydrogen-bond acceptors (Lipinski definition) is 4. The molecule has 22 heavy (non-hydrogen) atoms. The van der Waals surface area contributed by atoms with Crippen molar-refractivity contribution in [3.8, 4) is 0 Å². The van der Waals surface area contributed by atoms with Gasteiger partial charge in [-0.15, -0.1) is 0 Å². The van der Waals surface area contributed by atoms with E-state index in [2.05, 4.69) is 22.4 Å². The second-order valence-electron chi connectivity index (χ2n) is 6.15. The van der Waals surface area contributed by atoms with Crippen LogP contribution >= 0.6 is 12.2 Å². The third kappa shape index (κ3) is 4.39. The molecule has 0 radical (unpaired) electrons. The van der Waals surface area contributed by atoms with Crippen molar-refractivity contribution in [1.29, 1.82) is 0 Å². The van der Waals surface area contributed by atoms with Crippen LogP contribution in [-0.2, 0) is 23.1 Å². The number of hydrogen-bond donors (Lipinski definition) is 2. The van der Waals surface area contributed by atoms with Crippen LogP contribution < -0.4 is 5.32 Å². The summed E-state index contributed by atoms with van der Waals surface area (Å²) in [6.07, 6.45) is 5.06. The molecule has 7 heteroatoms. The standard InChI is InChI=1S/C15H26N4O2S/c1-4-12(21-11-7-5-6-10(2)8-11)14(20)16-9-13-17-18-15(22)19(13)3/h10-12H,4-9H2,1-3H3,(H,16,20)(H,18,22). The van der Waals surface area contributed by atoms with E-state index in [-0.39, 0.29) is 18.1 Å². The highest BCUT2D eigenvalue weighted by atomic mass is 32.1. The molecule has 1 amide bonds. The number of nitrogens with zero attached hydrogens (tertiary/aromatic N) is 2. The summed E-state index contributed by atoms with van der Waals surface area (Å²) in [7, 11) is 1.82. The molecule has 1 heterocycles. The van der Waals surface area contributed by atoms with Gasteiger partial charge in [0.05, 0.1) is 12.6 Å².